The van der Waals surface area contributed by atoms with Gasteiger partial charge in [-0.3, -0.25) is 4.79 Å². The van der Waals surface area contributed by atoms with E-state index in [4.69, 9.17) is 0 Å². The van der Waals surface area contributed by atoms with Gasteiger partial charge in [0.1, 0.15) is 0 Å². The largest absolute Gasteiger partial charge is 0.285 e. The maximum absolute atomic E-state index is 12.9. The number of ketones is 1. The van der Waals surface area contributed by atoms with Crippen LogP contribution in [0.25, 0.3) is 11.4 Å². The third kappa shape index (κ3) is 4.30. The summed E-state index contributed by atoms with van der Waals surface area (Å²) in [5.41, 5.74) is 4.38. The van der Waals surface area contributed by atoms with Gasteiger partial charge in [0.15, 0.2) is 5.01 Å². The molecule has 5 rings (SSSR count). The highest BCUT2D eigenvalue weighted by Crippen LogP contribution is 2.17. The number of rotatable bonds is 6. The molecule has 5 aromatic rings. The third-order valence-corrected chi connectivity index (χ3v) is 6.95. The lowest BCUT2D eigenvalue weighted by molar-refractivity contribution is 0.104. The van der Waals surface area contributed by atoms with E-state index in [-0.39, 0.29) is 5.78 Å². The predicted octanol–water partition coefficient (Wildman–Crippen LogP) is 5.05. The molecule has 0 spiro atoms. The molecule has 34 heavy (non-hydrogen) atoms. The monoisotopic (exact) mass is 484 g/mol. The van der Waals surface area contributed by atoms with Gasteiger partial charge in [0, 0.05) is 5.56 Å². The molecule has 0 amide bonds. The van der Waals surface area contributed by atoms with Gasteiger partial charge in [-0.15, -0.1) is 16.4 Å². The van der Waals surface area contributed by atoms with Crippen molar-refractivity contribution < 1.29 is 4.79 Å². The molecule has 0 atom stereocenters. The average Bonchev–Trinajstić information content (AvgIpc) is 3.63. The molecule has 0 fully saturated rings. The SMILES string of the molecule is CC(=NN=c1sc(C(=O)c2cccs2)nn1-c1ccccc1)c1cnn(-c2ccccc2)c1C. The van der Waals surface area contributed by atoms with E-state index in [1.807, 2.05) is 90.6 Å². The van der Waals surface area contributed by atoms with Crippen molar-refractivity contribution in [2.75, 3.05) is 0 Å². The standard InChI is InChI=1S/C25H20N6OS2/c1-17(21-16-26-30(18(21)2)19-10-5-3-6-11-19)27-28-25-31(20-12-7-4-8-13-20)29-24(34-25)23(32)22-14-9-15-33-22/h3-16H,1-2H3. The van der Waals surface area contributed by atoms with Gasteiger partial charge in [-0.05, 0) is 49.6 Å². The van der Waals surface area contributed by atoms with Gasteiger partial charge in [0.05, 0.1) is 33.9 Å². The van der Waals surface area contributed by atoms with Crippen LogP contribution < -0.4 is 4.80 Å². The van der Waals surface area contributed by atoms with Crippen molar-refractivity contribution in [2.45, 2.75) is 13.8 Å². The average molecular weight is 485 g/mol. The lowest BCUT2D eigenvalue weighted by Crippen LogP contribution is -2.14. The fourth-order valence-electron chi connectivity index (χ4n) is 3.45. The Labute approximate surface area is 204 Å². The molecule has 9 heteroatoms. The number of hydrogen-bond acceptors (Lipinski definition) is 7. The molecular weight excluding hydrogens is 464 g/mol. The van der Waals surface area contributed by atoms with Crippen LogP contribution in [0.2, 0.25) is 0 Å². The maximum Gasteiger partial charge on any atom is 0.233 e. The van der Waals surface area contributed by atoms with Gasteiger partial charge in [-0.2, -0.15) is 15.3 Å². The fourth-order valence-corrected chi connectivity index (χ4v) is 5.00. The summed E-state index contributed by atoms with van der Waals surface area (Å²) >= 11 is 2.61. The molecule has 0 aliphatic heterocycles. The van der Waals surface area contributed by atoms with Crippen molar-refractivity contribution in [1.82, 2.24) is 19.6 Å². The van der Waals surface area contributed by atoms with Crippen LogP contribution in [0.3, 0.4) is 0 Å². The minimum Gasteiger partial charge on any atom is -0.285 e. The van der Waals surface area contributed by atoms with Gasteiger partial charge in [-0.1, -0.05) is 53.8 Å². The van der Waals surface area contributed by atoms with Crippen LogP contribution in [-0.4, -0.2) is 31.1 Å². The summed E-state index contributed by atoms with van der Waals surface area (Å²) in [6.45, 7) is 3.90. The zero-order chi connectivity index (χ0) is 23.5. The maximum atomic E-state index is 12.9. The van der Waals surface area contributed by atoms with E-state index in [9.17, 15) is 4.79 Å². The van der Waals surface area contributed by atoms with Crippen LogP contribution in [-0.2, 0) is 0 Å². The highest BCUT2D eigenvalue weighted by molar-refractivity contribution is 7.15. The Morgan fingerprint density at radius 2 is 1.59 bits per heavy atom. The van der Waals surface area contributed by atoms with Gasteiger partial charge in [-0.25, -0.2) is 9.36 Å². The minimum atomic E-state index is -0.119. The summed E-state index contributed by atoms with van der Waals surface area (Å²) in [4.78, 5) is 14.1. The molecule has 0 saturated carbocycles. The first-order valence-electron chi connectivity index (χ1n) is 10.5. The molecular formula is C25H20N6OS2. The van der Waals surface area contributed by atoms with E-state index in [0.29, 0.717) is 14.7 Å². The van der Waals surface area contributed by atoms with Gasteiger partial charge in [0.25, 0.3) is 0 Å². The van der Waals surface area contributed by atoms with Crippen molar-refractivity contribution in [3.8, 4) is 11.4 Å². The number of benzene rings is 2. The summed E-state index contributed by atoms with van der Waals surface area (Å²) in [5.74, 6) is -0.119. The Balaban J connectivity index is 1.55. The Kier molecular flexibility index (Phi) is 6.11. The Bertz CT molecular complexity index is 1530. The van der Waals surface area contributed by atoms with Crippen LogP contribution >= 0.6 is 22.7 Å². The first-order valence-corrected chi connectivity index (χ1v) is 12.2. The lowest BCUT2D eigenvalue weighted by atomic mass is 10.2. The quantitative estimate of drug-likeness (QED) is 0.192. The van der Waals surface area contributed by atoms with Crippen LogP contribution in [0.5, 0.6) is 0 Å². The van der Waals surface area contributed by atoms with Crippen LogP contribution in [0.15, 0.2) is 94.6 Å². The molecule has 168 valence electrons. The number of para-hydroxylation sites is 2. The van der Waals surface area contributed by atoms with Gasteiger partial charge in [0.2, 0.25) is 10.6 Å². The Morgan fingerprint density at radius 3 is 2.24 bits per heavy atom. The highest BCUT2D eigenvalue weighted by Gasteiger charge is 2.17. The van der Waals surface area contributed by atoms with Crippen LogP contribution in [0.1, 0.15) is 32.9 Å². The number of carbonyl (C=O) groups is 1. The van der Waals surface area contributed by atoms with E-state index in [1.165, 1.54) is 22.7 Å². The van der Waals surface area contributed by atoms with E-state index in [0.717, 1.165) is 28.3 Å². The van der Waals surface area contributed by atoms with E-state index < -0.39 is 0 Å². The fraction of sp³-hybridized carbons (Fsp3) is 0.0800. The number of carbonyl (C=O) groups excluding carboxylic acids is 1. The lowest BCUT2D eigenvalue weighted by Gasteiger charge is -2.04. The summed E-state index contributed by atoms with van der Waals surface area (Å²) in [6, 6.07) is 23.2. The van der Waals surface area contributed by atoms with E-state index in [1.54, 1.807) is 16.9 Å². The smallest absolute Gasteiger partial charge is 0.233 e. The molecule has 3 aromatic heterocycles. The Morgan fingerprint density at radius 1 is 0.912 bits per heavy atom. The normalized spacial score (nSPS) is 12.3. The molecule has 0 bridgehead atoms. The summed E-state index contributed by atoms with van der Waals surface area (Å²) < 4.78 is 3.53. The Hall–Kier alpha value is -3.95. The van der Waals surface area contributed by atoms with Crippen molar-refractivity contribution in [3.63, 3.8) is 0 Å². The minimum absolute atomic E-state index is 0.119. The number of nitrogens with zero attached hydrogens (tertiary/aromatic N) is 6. The second-order valence-corrected chi connectivity index (χ2v) is 9.32. The molecule has 0 aliphatic carbocycles. The molecule has 0 radical (unpaired) electrons. The third-order valence-electron chi connectivity index (χ3n) is 5.19. The first-order chi connectivity index (χ1) is 16.6. The van der Waals surface area contributed by atoms with E-state index in [2.05, 4.69) is 20.4 Å². The second kappa shape index (κ2) is 9.50. The molecule has 0 N–H and O–H groups in total. The van der Waals surface area contributed by atoms with E-state index >= 15 is 0 Å². The summed E-state index contributed by atoms with van der Waals surface area (Å²) in [5, 5.41) is 20.3. The predicted molar refractivity (Wildman–Crippen MR) is 135 cm³/mol. The molecule has 0 unspecified atom stereocenters. The summed E-state index contributed by atoms with van der Waals surface area (Å²) in [7, 11) is 0. The number of aromatic nitrogens is 4. The molecule has 3 heterocycles. The highest BCUT2D eigenvalue weighted by atomic mass is 32.1. The second-order valence-electron chi connectivity index (χ2n) is 7.42. The number of thiophene rings is 1. The summed E-state index contributed by atoms with van der Waals surface area (Å²) in [6.07, 6.45) is 1.79. The first kappa shape index (κ1) is 21.9. The van der Waals surface area contributed by atoms with Crippen molar-refractivity contribution in [2.24, 2.45) is 10.2 Å². The van der Waals surface area contributed by atoms with Crippen LogP contribution in [0.4, 0.5) is 0 Å². The van der Waals surface area contributed by atoms with Crippen molar-refractivity contribution in [1.29, 1.82) is 0 Å². The molecule has 2 aromatic carbocycles. The molecule has 7 nitrogen and oxygen atoms in total. The van der Waals surface area contributed by atoms with Gasteiger partial charge >= 0.3 is 0 Å². The molecule has 0 aliphatic rings. The molecule has 0 saturated heterocycles. The van der Waals surface area contributed by atoms with Crippen molar-refractivity contribution in [3.05, 3.63) is 110 Å². The van der Waals surface area contributed by atoms with Gasteiger partial charge < -0.3 is 0 Å². The topological polar surface area (TPSA) is 77.4 Å². The zero-order valence-corrected chi connectivity index (χ0v) is 20.1. The zero-order valence-electron chi connectivity index (χ0n) is 18.5. The van der Waals surface area contributed by atoms with Crippen molar-refractivity contribution >= 4 is 34.2 Å². The van der Waals surface area contributed by atoms with Crippen LogP contribution in [0, 0.1) is 6.92 Å². The number of hydrogen-bond donors (Lipinski definition) is 0.